The summed E-state index contributed by atoms with van der Waals surface area (Å²) in [6.07, 6.45) is 1.34. The molecule has 0 saturated heterocycles. The maximum absolute atomic E-state index is 14.0. The van der Waals surface area contributed by atoms with Crippen molar-refractivity contribution in [1.82, 2.24) is 4.31 Å². The minimum absolute atomic E-state index is 0.146. The molecule has 2 fully saturated rings. The van der Waals surface area contributed by atoms with Crippen molar-refractivity contribution in [2.75, 3.05) is 7.05 Å². The summed E-state index contributed by atoms with van der Waals surface area (Å²) in [5.74, 6) is 0. The smallest absolute Gasteiger partial charge is 0.242 e. The van der Waals surface area contributed by atoms with Crippen molar-refractivity contribution in [1.29, 1.82) is 0 Å². The first-order chi connectivity index (χ1) is 19.6. The third-order valence-corrected chi connectivity index (χ3v) is 13.9. The minimum Gasteiger partial charge on any atom is -0.242 e. The van der Waals surface area contributed by atoms with Crippen molar-refractivity contribution in [3.63, 3.8) is 0 Å². The number of hydrogen-bond donors (Lipinski definition) is 0. The average Bonchev–Trinajstić information content (AvgIpc) is 2.93. The minimum atomic E-state index is -4.97. The number of nitrogens with zero attached hydrogens (tertiary/aromatic N) is 1. The van der Waals surface area contributed by atoms with Crippen molar-refractivity contribution in [2.24, 2.45) is 0 Å². The Kier molecular flexibility index (Phi) is 10.6. The lowest BCUT2D eigenvalue weighted by atomic mass is 9.94. The van der Waals surface area contributed by atoms with Crippen LogP contribution in [-0.2, 0) is 23.3 Å². The van der Waals surface area contributed by atoms with Crippen LogP contribution in [0.4, 0.5) is 26.3 Å². The highest BCUT2D eigenvalue weighted by Gasteiger charge is 2.41. The molecule has 0 radical (unpaired) electrons. The molecular formula is C32H42F6NOPS. The van der Waals surface area contributed by atoms with Gasteiger partial charge >= 0.3 is 12.4 Å². The van der Waals surface area contributed by atoms with E-state index in [1.807, 2.05) is 18.2 Å². The zero-order valence-electron chi connectivity index (χ0n) is 24.8. The third kappa shape index (κ3) is 7.79. The van der Waals surface area contributed by atoms with E-state index in [4.69, 9.17) is 0 Å². The van der Waals surface area contributed by atoms with Gasteiger partial charge in [0, 0.05) is 7.05 Å². The van der Waals surface area contributed by atoms with E-state index < -0.39 is 53.2 Å². The second-order valence-corrected chi connectivity index (χ2v) is 17.8. The number of alkyl halides is 6. The average molecular weight is 634 g/mol. The fraction of sp³-hybridized carbons (Fsp3) is 0.625. The summed E-state index contributed by atoms with van der Waals surface area (Å²) in [6, 6.07) is 8.37. The third-order valence-electron chi connectivity index (χ3n) is 8.52. The van der Waals surface area contributed by atoms with Gasteiger partial charge < -0.3 is 0 Å². The highest BCUT2D eigenvalue weighted by molar-refractivity contribution is 7.84. The van der Waals surface area contributed by atoms with Gasteiger partial charge in [0.05, 0.1) is 21.9 Å². The summed E-state index contributed by atoms with van der Waals surface area (Å²) in [4.78, 5) is 0. The van der Waals surface area contributed by atoms with E-state index in [2.05, 4.69) is 0 Å². The van der Waals surface area contributed by atoms with E-state index in [-0.39, 0.29) is 11.6 Å². The summed E-state index contributed by atoms with van der Waals surface area (Å²) >= 11 is 0. The van der Waals surface area contributed by atoms with Gasteiger partial charge in [-0.3, -0.25) is 0 Å². The quantitative estimate of drug-likeness (QED) is 0.220. The highest BCUT2D eigenvalue weighted by Crippen LogP contribution is 2.56. The Morgan fingerprint density at radius 2 is 1.21 bits per heavy atom. The van der Waals surface area contributed by atoms with E-state index >= 15 is 0 Å². The maximum atomic E-state index is 14.0. The molecular weight excluding hydrogens is 591 g/mol. The fourth-order valence-electron chi connectivity index (χ4n) is 6.61. The first kappa shape index (κ1) is 33.5. The molecule has 4 rings (SSSR count). The molecule has 2 atom stereocenters. The molecule has 0 spiro atoms. The van der Waals surface area contributed by atoms with Crippen LogP contribution in [0.3, 0.4) is 0 Å². The molecule has 2 saturated carbocycles. The molecule has 2 aliphatic carbocycles. The normalized spacial score (nSPS) is 19.8. The number of halogens is 6. The van der Waals surface area contributed by atoms with Gasteiger partial charge in [0.25, 0.3) is 0 Å². The van der Waals surface area contributed by atoms with Gasteiger partial charge in [0.2, 0.25) is 0 Å². The van der Waals surface area contributed by atoms with Crippen LogP contribution in [0.25, 0.3) is 0 Å². The van der Waals surface area contributed by atoms with Crippen LogP contribution in [-0.4, -0.2) is 31.6 Å². The first-order valence-corrected chi connectivity index (χ1v) is 17.5. The molecule has 0 aromatic heterocycles. The molecule has 2 aromatic rings. The number of hydrogen-bond acceptors (Lipinski definition) is 1. The zero-order valence-corrected chi connectivity index (χ0v) is 26.5. The van der Waals surface area contributed by atoms with Gasteiger partial charge in [-0.25, -0.2) is 8.51 Å². The Bertz CT molecular complexity index is 1180. The van der Waals surface area contributed by atoms with Gasteiger partial charge in [0.15, 0.2) is 0 Å². The molecule has 0 amide bonds. The van der Waals surface area contributed by atoms with Gasteiger partial charge in [-0.15, -0.1) is 0 Å². The van der Waals surface area contributed by atoms with Gasteiger partial charge in [-0.05, 0) is 92.4 Å². The maximum Gasteiger partial charge on any atom is 0.416 e. The van der Waals surface area contributed by atoms with E-state index in [0.717, 1.165) is 68.8 Å². The monoisotopic (exact) mass is 633 g/mol. The molecule has 0 N–H and O–H groups in total. The molecule has 0 heterocycles. The summed E-state index contributed by atoms with van der Waals surface area (Å²) in [6.45, 7) is 5.27. The largest absolute Gasteiger partial charge is 0.416 e. The van der Waals surface area contributed by atoms with Crippen LogP contribution in [0.5, 0.6) is 0 Å². The number of rotatable bonds is 7. The predicted molar refractivity (Wildman–Crippen MR) is 161 cm³/mol. The van der Waals surface area contributed by atoms with Crippen LogP contribution < -0.4 is 5.30 Å². The summed E-state index contributed by atoms with van der Waals surface area (Å²) in [7, 11) is -0.905. The predicted octanol–water partition coefficient (Wildman–Crippen LogP) is 9.98. The van der Waals surface area contributed by atoms with Gasteiger partial charge in [-0.1, -0.05) is 70.7 Å². The van der Waals surface area contributed by atoms with E-state index in [0.29, 0.717) is 16.9 Å². The molecule has 234 valence electrons. The van der Waals surface area contributed by atoms with E-state index in [1.54, 1.807) is 33.9 Å². The Balaban J connectivity index is 1.97. The molecule has 2 nitrogen and oxygen atoms in total. The molecule has 0 bridgehead atoms. The number of benzene rings is 2. The van der Waals surface area contributed by atoms with E-state index in [1.165, 1.54) is 17.1 Å². The van der Waals surface area contributed by atoms with Gasteiger partial charge in [-0.2, -0.15) is 26.3 Å². The Morgan fingerprint density at radius 1 is 0.762 bits per heavy atom. The van der Waals surface area contributed by atoms with Crippen LogP contribution in [0, 0.1) is 0 Å². The van der Waals surface area contributed by atoms with E-state index in [9.17, 15) is 30.6 Å². The lowest BCUT2D eigenvalue weighted by Crippen LogP contribution is -2.40. The highest BCUT2D eigenvalue weighted by atomic mass is 32.2. The molecule has 0 aliphatic heterocycles. The lowest BCUT2D eigenvalue weighted by Gasteiger charge is -2.41. The Labute approximate surface area is 250 Å². The fourth-order valence-corrected chi connectivity index (χ4v) is 11.9. The molecule has 42 heavy (non-hydrogen) atoms. The zero-order chi connectivity index (χ0) is 30.9. The van der Waals surface area contributed by atoms with Crippen molar-refractivity contribution >= 4 is 24.2 Å². The molecule has 1 unspecified atom stereocenters. The summed E-state index contributed by atoms with van der Waals surface area (Å²) in [5.41, 5.74) is -1.26. The second kappa shape index (κ2) is 13.3. The first-order valence-electron chi connectivity index (χ1n) is 14.9. The van der Waals surface area contributed by atoms with Crippen LogP contribution in [0.15, 0.2) is 42.5 Å². The van der Waals surface area contributed by atoms with Crippen molar-refractivity contribution < 1.29 is 30.6 Å². The van der Waals surface area contributed by atoms with Crippen molar-refractivity contribution in [2.45, 2.75) is 119 Å². The van der Waals surface area contributed by atoms with Crippen molar-refractivity contribution in [3.8, 4) is 0 Å². The standard InChI is InChI=1S/C32H42F6NOPS/c1-30(2,3)42(40)39(4)29(22-19-23(31(33,34)35)21-24(20-22)32(36,37)38)27-17-11-12-18-28(27)41(25-13-7-5-8-14-25)26-15-9-6-10-16-26/h11-12,17-21,25-26,29H,5-10,13-16H2,1-4H3/t29?,42-/m0/s1. The topological polar surface area (TPSA) is 20.3 Å². The SMILES string of the molecule is CN(C(c1cc(C(F)(F)F)cc(C(F)(F)F)c1)c1ccccc1P(C1CCCCC1)C1CCCCC1)[S@@](=O)C(C)(C)C. The van der Waals surface area contributed by atoms with Crippen LogP contribution in [0.2, 0.25) is 0 Å². The second-order valence-electron chi connectivity index (χ2n) is 12.7. The molecule has 10 heteroatoms. The molecule has 2 aromatic carbocycles. The summed E-state index contributed by atoms with van der Waals surface area (Å²) < 4.78 is 98.5. The van der Waals surface area contributed by atoms with Crippen LogP contribution >= 0.6 is 7.92 Å². The van der Waals surface area contributed by atoms with Gasteiger partial charge in [0.1, 0.15) is 11.0 Å². The molecule has 2 aliphatic rings. The van der Waals surface area contributed by atoms with Crippen LogP contribution in [0.1, 0.15) is 113 Å². The summed E-state index contributed by atoms with van der Waals surface area (Å²) in [5, 5.41) is 1.04. The van der Waals surface area contributed by atoms with Crippen molar-refractivity contribution in [3.05, 3.63) is 64.7 Å². The Hall–Kier alpha value is -1.44. The Morgan fingerprint density at radius 3 is 1.64 bits per heavy atom. The lowest BCUT2D eigenvalue weighted by molar-refractivity contribution is -0.143.